The quantitative estimate of drug-likeness (QED) is 0.734. The number of nitrogens with zero attached hydrogens (tertiary/aromatic N) is 4. The van der Waals surface area contributed by atoms with Crippen LogP contribution in [0.3, 0.4) is 0 Å². The molecule has 0 aliphatic carbocycles. The topological polar surface area (TPSA) is 108 Å². The number of aromatic amines is 1. The molecule has 0 spiro atoms. The Morgan fingerprint density at radius 2 is 2.17 bits per heavy atom. The molecule has 1 fully saturated rings. The molecule has 4 rings (SSSR count). The molecule has 0 aromatic carbocycles. The summed E-state index contributed by atoms with van der Waals surface area (Å²) in [6, 6.07) is 3.78. The van der Waals surface area contributed by atoms with E-state index in [4.69, 9.17) is 16.3 Å². The van der Waals surface area contributed by atoms with Crippen LogP contribution in [-0.4, -0.2) is 66.4 Å². The summed E-state index contributed by atoms with van der Waals surface area (Å²) in [5, 5.41) is 6.26. The molecule has 0 bridgehead atoms. The van der Waals surface area contributed by atoms with E-state index >= 15 is 0 Å². The lowest BCUT2D eigenvalue weighted by Gasteiger charge is -2.24. The Morgan fingerprint density at radius 3 is 2.90 bits per heavy atom. The molecule has 1 saturated heterocycles. The lowest BCUT2D eigenvalue weighted by atomic mass is 10.0. The number of hydrogen-bond donors (Lipinski definition) is 1. The average molecular weight is 452 g/mol. The van der Waals surface area contributed by atoms with Crippen molar-refractivity contribution < 1.29 is 13.2 Å². The molecule has 1 N–H and O–H groups in total. The molecule has 2 aromatic rings. The van der Waals surface area contributed by atoms with E-state index < -0.39 is 15.6 Å². The van der Waals surface area contributed by atoms with Gasteiger partial charge in [0.2, 0.25) is 15.9 Å². The summed E-state index contributed by atoms with van der Waals surface area (Å²) in [6.07, 6.45) is 7.71. The van der Waals surface area contributed by atoms with Crippen molar-refractivity contribution in [3.05, 3.63) is 51.5 Å². The Kier molecular flexibility index (Phi) is 5.81. The molecule has 30 heavy (non-hydrogen) atoms. The summed E-state index contributed by atoms with van der Waals surface area (Å²) < 4.78 is 30.9. The fourth-order valence-electron chi connectivity index (χ4n) is 3.70. The van der Waals surface area contributed by atoms with Crippen molar-refractivity contribution in [3.8, 4) is 5.88 Å². The maximum absolute atomic E-state index is 11.7. The van der Waals surface area contributed by atoms with E-state index in [0.717, 1.165) is 17.6 Å². The van der Waals surface area contributed by atoms with Crippen molar-refractivity contribution in [2.75, 3.05) is 37.3 Å². The third-order valence-electron chi connectivity index (χ3n) is 5.30. The van der Waals surface area contributed by atoms with Crippen molar-refractivity contribution in [2.24, 2.45) is 0 Å². The van der Waals surface area contributed by atoms with Gasteiger partial charge in [-0.2, -0.15) is 9.40 Å². The third kappa shape index (κ3) is 4.50. The predicted molar refractivity (Wildman–Crippen MR) is 114 cm³/mol. The van der Waals surface area contributed by atoms with Crippen molar-refractivity contribution >= 4 is 32.9 Å². The second kappa shape index (κ2) is 8.37. The van der Waals surface area contributed by atoms with Gasteiger partial charge in [0.05, 0.1) is 24.7 Å². The van der Waals surface area contributed by atoms with Gasteiger partial charge >= 0.3 is 0 Å². The molecule has 160 valence electrons. The molecule has 1 atom stereocenters. The molecular formula is C19H22ClN5O4S. The van der Waals surface area contributed by atoms with E-state index in [1.54, 1.807) is 12.4 Å². The Bertz CT molecular complexity index is 1130. The molecule has 0 saturated carbocycles. The maximum Gasteiger partial charge on any atom is 0.285 e. The zero-order valence-electron chi connectivity index (χ0n) is 16.4. The second-order valence-corrected chi connectivity index (χ2v) is 9.72. The zero-order chi connectivity index (χ0) is 21.3. The number of rotatable bonds is 5. The largest absolute Gasteiger partial charge is 0.472 e. The normalized spacial score (nSPS) is 20.3. The maximum atomic E-state index is 11.7. The number of halogens is 1. The van der Waals surface area contributed by atoms with E-state index in [9.17, 15) is 13.2 Å². The second-order valence-electron chi connectivity index (χ2n) is 7.36. The first-order valence-electron chi connectivity index (χ1n) is 9.56. The minimum Gasteiger partial charge on any atom is -0.472 e. The Morgan fingerprint density at radius 1 is 1.33 bits per heavy atom. The highest BCUT2D eigenvalue weighted by atomic mass is 35.5. The molecule has 2 aliphatic rings. The van der Waals surface area contributed by atoms with Crippen LogP contribution in [0.4, 0.5) is 5.69 Å². The van der Waals surface area contributed by atoms with E-state index in [1.165, 1.54) is 10.6 Å². The molecule has 0 radical (unpaired) electrons. The molecule has 0 amide bonds. The third-order valence-corrected chi connectivity index (χ3v) is 6.93. The summed E-state index contributed by atoms with van der Waals surface area (Å²) in [5.74, 6) is 0.515. The zero-order valence-corrected chi connectivity index (χ0v) is 18.0. The van der Waals surface area contributed by atoms with Crippen LogP contribution in [0.2, 0.25) is 5.02 Å². The number of hydrogen-bond acceptors (Lipinski definition) is 7. The van der Waals surface area contributed by atoms with Crippen LogP contribution in [-0.2, 0) is 10.0 Å². The minimum absolute atomic E-state index is 0.0934. The number of aromatic nitrogens is 3. The molecular weight excluding hydrogens is 430 g/mol. The standard InChI is InChI=1S/C19H22ClN5O4S/c1-30(27,28)25-8-3-13(4-9-25)14-2-6-21-17(10-14)29-15-5-7-24(12-15)16-11-22-23-19(26)18(16)20/h2-3,6,10-11,15H,4-5,7-9,12H2,1H3,(H,23,26)/t15-/m1/s1. The number of ether oxygens (including phenoxy) is 1. The Balaban J connectivity index is 1.43. The lowest BCUT2D eigenvalue weighted by Crippen LogP contribution is -2.33. The van der Waals surface area contributed by atoms with Gasteiger partial charge in [-0.05, 0) is 23.6 Å². The molecule has 9 nitrogen and oxygen atoms in total. The van der Waals surface area contributed by atoms with Gasteiger partial charge < -0.3 is 9.64 Å². The van der Waals surface area contributed by atoms with Gasteiger partial charge in [-0.3, -0.25) is 4.79 Å². The number of nitrogens with one attached hydrogen (secondary N) is 1. The fourth-order valence-corrected chi connectivity index (χ4v) is 4.67. The van der Waals surface area contributed by atoms with Gasteiger partial charge in [0.25, 0.3) is 5.56 Å². The first-order valence-corrected chi connectivity index (χ1v) is 11.8. The van der Waals surface area contributed by atoms with Gasteiger partial charge in [-0.25, -0.2) is 18.5 Å². The summed E-state index contributed by atoms with van der Waals surface area (Å²) in [7, 11) is -3.18. The van der Waals surface area contributed by atoms with E-state index in [0.29, 0.717) is 44.2 Å². The van der Waals surface area contributed by atoms with Crippen LogP contribution in [0, 0.1) is 0 Å². The molecule has 11 heteroatoms. The Hall–Kier alpha value is -2.43. The van der Waals surface area contributed by atoms with Crippen molar-refractivity contribution in [1.29, 1.82) is 0 Å². The SMILES string of the molecule is CS(=O)(=O)N1CC=C(c2ccnc(O[C@@H]3CCN(c4cn[nH]c(=O)c4Cl)C3)c2)CC1. The average Bonchev–Trinajstić information content (AvgIpc) is 3.18. The van der Waals surface area contributed by atoms with Crippen LogP contribution in [0.5, 0.6) is 5.88 Å². The fraction of sp³-hybridized carbons (Fsp3) is 0.421. The number of pyridine rings is 1. The van der Waals surface area contributed by atoms with Gasteiger partial charge in [-0.1, -0.05) is 17.7 Å². The van der Waals surface area contributed by atoms with Gasteiger partial charge in [-0.15, -0.1) is 0 Å². The first-order chi connectivity index (χ1) is 14.3. The number of anilines is 1. The van der Waals surface area contributed by atoms with Crippen LogP contribution >= 0.6 is 11.6 Å². The van der Waals surface area contributed by atoms with E-state index in [-0.39, 0.29) is 11.1 Å². The minimum atomic E-state index is -3.18. The summed E-state index contributed by atoms with van der Waals surface area (Å²) in [5.41, 5.74) is 2.24. The summed E-state index contributed by atoms with van der Waals surface area (Å²) in [4.78, 5) is 18.0. The molecule has 2 aromatic heterocycles. The highest BCUT2D eigenvalue weighted by molar-refractivity contribution is 7.88. The monoisotopic (exact) mass is 451 g/mol. The predicted octanol–water partition coefficient (Wildman–Crippen LogP) is 1.52. The van der Waals surface area contributed by atoms with Gasteiger partial charge in [0.1, 0.15) is 11.1 Å². The summed E-state index contributed by atoms with van der Waals surface area (Å²) >= 11 is 6.10. The molecule has 2 aliphatic heterocycles. The number of H-pyrrole nitrogens is 1. The van der Waals surface area contributed by atoms with Crippen LogP contribution < -0.4 is 15.2 Å². The van der Waals surface area contributed by atoms with Gasteiger partial charge in [0, 0.05) is 38.3 Å². The van der Waals surface area contributed by atoms with Crippen LogP contribution in [0.1, 0.15) is 18.4 Å². The molecule has 4 heterocycles. The molecule has 0 unspecified atom stereocenters. The van der Waals surface area contributed by atoms with Crippen LogP contribution in [0.15, 0.2) is 35.4 Å². The highest BCUT2D eigenvalue weighted by Gasteiger charge is 2.27. The van der Waals surface area contributed by atoms with Crippen molar-refractivity contribution in [3.63, 3.8) is 0 Å². The first kappa shape index (κ1) is 20.8. The lowest BCUT2D eigenvalue weighted by molar-refractivity contribution is 0.216. The van der Waals surface area contributed by atoms with E-state index in [2.05, 4.69) is 15.2 Å². The number of sulfonamides is 1. The summed E-state index contributed by atoms with van der Waals surface area (Å²) in [6.45, 7) is 2.10. The van der Waals surface area contributed by atoms with Crippen molar-refractivity contribution in [1.82, 2.24) is 19.5 Å². The van der Waals surface area contributed by atoms with Crippen molar-refractivity contribution in [2.45, 2.75) is 18.9 Å². The van der Waals surface area contributed by atoms with Gasteiger partial charge in [0.15, 0.2) is 0 Å². The Labute approximate surface area is 179 Å². The smallest absolute Gasteiger partial charge is 0.285 e. The van der Waals surface area contributed by atoms with Crippen LogP contribution in [0.25, 0.3) is 5.57 Å². The highest BCUT2D eigenvalue weighted by Crippen LogP contribution is 2.28. The van der Waals surface area contributed by atoms with E-state index in [1.807, 2.05) is 23.1 Å².